The van der Waals surface area contributed by atoms with E-state index in [0.29, 0.717) is 29.4 Å². The van der Waals surface area contributed by atoms with Crippen molar-refractivity contribution in [3.63, 3.8) is 0 Å². The van der Waals surface area contributed by atoms with Crippen LogP contribution in [0.4, 0.5) is 4.39 Å². The molecule has 0 radical (unpaired) electrons. The Bertz CT molecular complexity index is 664. The molecule has 0 N–H and O–H groups in total. The Labute approximate surface area is 122 Å². The van der Waals surface area contributed by atoms with Gasteiger partial charge < -0.3 is 4.74 Å². The summed E-state index contributed by atoms with van der Waals surface area (Å²) in [6.07, 6.45) is 0.899. The molecule has 0 aliphatic rings. The summed E-state index contributed by atoms with van der Waals surface area (Å²) in [6.45, 7) is 2.09. The van der Waals surface area contributed by atoms with Crippen LogP contribution in [0.2, 0.25) is 0 Å². The molecule has 0 heterocycles. The van der Waals surface area contributed by atoms with E-state index >= 15 is 0 Å². The van der Waals surface area contributed by atoms with Gasteiger partial charge >= 0.3 is 5.97 Å². The Hall–Kier alpha value is -2.23. The van der Waals surface area contributed by atoms with E-state index in [9.17, 15) is 14.0 Å². The van der Waals surface area contributed by atoms with Crippen molar-refractivity contribution in [2.24, 2.45) is 0 Å². The minimum atomic E-state index is -0.339. The average molecular weight is 288 g/mol. The van der Waals surface area contributed by atoms with Crippen molar-refractivity contribution in [2.75, 3.05) is 6.61 Å². The van der Waals surface area contributed by atoms with E-state index < -0.39 is 0 Å². The lowest BCUT2D eigenvalue weighted by Crippen LogP contribution is -2.06. The minimum Gasteiger partial charge on any atom is -0.466 e. The van der Waals surface area contributed by atoms with Gasteiger partial charge in [-0.3, -0.25) is 9.59 Å². The summed E-state index contributed by atoms with van der Waals surface area (Å²) in [7, 11) is 0. The number of hydrogen-bond acceptors (Lipinski definition) is 3. The van der Waals surface area contributed by atoms with E-state index in [1.165, 1.54) is 12.1 Å². The second-order valence-corrected chi connectivity index (χ2v) is 4.72. The van der Waals surface area contributed by atoms with Crippen molar-refractivity contribution < 1.29 is 18.7 Å². The third-order valence-electron chi connectivity index (χ3n) is 3.26. The fourth-order valence-electron chi connectivity index (χ4n) is 2.27. The van der Waals surface area contributed by atoms with Gasteiger partial charge in [-0.05, 0) is 30.9 Å². The van der Waals surface area contributed by atoms with E-state index in [2.05, 4.69) is 0 Å². The van der Waals surface area contributed by atoms with Crippen molar-refractivity contribution in [1.29, 1.82) is 0 Å². The summed E-state index contributed by atoms with van der Waals surface area (Å²) in [5.74, 6) is -0.724. The Kier molecular flexibility index (Phi) is 5.04. The monoisotopic (exact) mass is 288 g/mol. The molecule has 2 rings (SSSR count). The first-order valence-corrected chi connectivity index (χ1v) is 6.99. The molecule has 21 heavy (non-hydrogen) atoms. The summed E-state index contributed by atoms with van der Waals surface area (Å²) in [4.78, 5) is 23.5. The Morgan fingerprint density at radius 3 is 2.48 bits per heavy atom. The fourth-order valence-corrected chi connectivity index (χ4v) is 2.27. The molecular formula is C17H17FO3. The second-order valence-electron chi connectivity index (χ2n) is 4.72. The normalized spacial score (nSPS) is 10.6. The molecule has 0 spiro atoms. The zero-order valence-corrected chi connectivity index (χ0v) is 11.9. The number of hydrogen-bond donors (Lipinski definition) is 0. The van der Waals surface area contributed by atoms with E-state index in [-0.39, 0.29) is 30.4 Å². The molecule has 0 amide bonds. The Morgan fingerprint density at radius 1 is 1.05 bits per heavy atom. The van der Waals surface area contributed by atoms with Crippen LogP contribution in [0.15, 0.2) is 36.4 Å². The van der Waals surface area contributed by atoms with Gasteiger partial charge in [0.15, 0.2) is 5.78 Å². The number of esters is 1. The molecule has 3 nitrogen and oxygen atoms in total. The maximum Gasteiger partial charge on any atom is 0.305 e. The van der Waals surface area contributed by atoms with Crippen molar-refractivity contribution in [3.8, 4) is 0 Å². The first kappa shape index (κ1) is 15.2. The topological polar surface area (TPSA) is 43.4 Å². The van der Waals surface area contributed by atoms with Gasteiger partial charge in [0.1, 0.15) is 5.82 Å². The first-order chi connectivity index (χ1) is 10.1. The number of halogens is 1. The van der Waals surface area contributed by atoms with Crippen molar-refractivity contribution in [1.82, 2.24) is 0 Å². The van der Waals surface area contributed by atoms with Gasteiger partial charge in [0, 0.05) is 23.8 Å². The smallest absolute Gasteiger partial charge is 0.305 e. The molecule has 0 atom stereocenters. The number of benzene rings is 2. The average Bonchev–Trinajstić information content (AvgIpc) is 2.48. The molecule has 0 unspecified atom stereocenters. The third-order valence-corrected chi connectivity index (χ3v) is 3.26. The third kappa shape index (κ3) is 3.66. The zero-order valence-electron chi connectivity index (χ0n) is 11.9. The molecule has 0 bridgehead atoms. The van der Waals surface area contributed by atoms with Crippen LogP contribution in [0, 0.1) is 5.82 Å². The highest BCUT2D eigenvalue weighted by molar-refractivity contribution is 6.08. The van der Waals surface area contributed by atoms with E-state index in [4.69, 9.17) is 4.74 Å². The van der Waals surface area contributed by atoms with Crippen LogP contribution in [-0.2, 0) is 9.53 Å². The molecule has 0 saturated carbocycles. The van der Waals surface area contributed by atoms with Gasteiger partial charge in [0.05, 0.1) is 6.61 Å². The molecule has 4 heteroatoms. The van der Waals surface area contributed by atoms with Crippen molar-refractivity contribution in [2.45, 2.75) is 26.2 Å². The summed E-state index contributed by atoms with van der Waals surface area (Å²) >= 11 is 0. The molecule has 2 aromatic rings. The quantitative estimate of drug-likeness (QED) is 0.598. The Balaban J connectivity index is 2.10. The van der Waals surface area contributed by atoms with Crippen LogP contribution in [-0.4, -0.2) is 18.4 Å². The predicted molar refractivity (Wildman–Crippen MR) is 78.7 cm³/mol. The van der Waals surface area contributed by atoms with E-state index in [0.717, 1.165) is 0 Å². The van der Waals surface area contributed by atoms with Crippen LogP contribution in [0.3, 0.4) is 0 Å². The number of carbonyl (C=O) groups excluding carboxylic acids is 2. The number of ether oxygens (including phenoxy) is 1. The summed E-state index contributed by atoms with van der Waals surface area (Å²) < 4.78 is 18.5. The lowest BCUT2D eigenvalue weighted by Gasteiger charge is -2.07. The molecule has 0 saturated heterocycles. The van der Waals surface area contributed by atoms with Gasteiger partial charge in [-0.25, -0.2) is 4.39 Å². The summed E-state index contributed by atoms with van der Waals surface area (Å²) in [6, 6.07) is 9.71. The summed E-state index contributed by atoms with van der Waals surface area (Å²) in [5.41, 5.74) is 0.496. The second kappa shape index (κ2) is 6.97. The Morgan fingerprint density at radius 2 is 1.76 bits per heavy atom. The van der Waals surface area contributed by atoms with Crippen LogP contribution >= 0.6 is 0 Å². The number of rotatable bonds is 6. The highest BCUT2D eigenvalue weighted by Crippen LogP contribution is 2.23. The first-order valence-electron chi connectivity index (χ1n) is 6.99. The van der Waals surface area contributed by atoms with Crippen molar-refractivity contribution in [3.05, 3.63) is 47.8 Å². The SMILES string of the molecule is CCOC(=O)CCCC(=O)c1ccc(F)c2ccccc12. The lowest BCUT2D eigenvalue weighted by molar-refractivity contribution is -0.143. The van der Waals surface area contributed by atoms with E-state index in [1.54, 1.807) is 31.2 Å². The minimum absolute atomic E-state index is 0.0875. The fraction of sp³-hybridized carbons (Fsp3) is 0.294. The van der Waals surface area contributed by atoms with Crippen molar-refractivity contribution >= 4 is 22.5 Å². The van der Waals surface area contributed by atoms with Crippen LogP contribution in [0.5, 0.6) is 0 Å². The summed E-state index contributed by atoms with van der Waals surface area (Å²) in [5, 5.41) is 1.05. The van der Waals surface area contributed by atoms with Gasteiger partial charge in [-0.1, -0.05) is 24.3 Å². The molecule has 110 valence electrons. The largest absolute Gasteiger partial charge is 0.466 e. The maximum absolute atomic E-state index is 13.7. The van der Waals surface area contributed by atoms with Crippen LogP contribution in [0.25, 0.3) is 10.8 Å². The van der Waals surface area contributed by atoms with Crippen LogP contribution in [0.1, 0.15) is 36.5 Å². The van der Waals surface area contributed by atoms with Gasteiger partial charge in [0.2, 0.25) is 0 Å². The van der Waals surface area contributed by atoms with Gasteiger partial charge in [0.25, 0.3) is 0 Å². The molecule has 0 fully saturated rings. The number of ketones is 1. The number of Topliss-reactive ketones (excluding diaryl/α,β-unsaturated/α-hetero) is 1. The highest BCUT2D eigenvalue weighted by Gasteiger charge is 2.13. The highest BCUT2D eigenvalue weighted by atomic mass is 19.1. The zero-order chi connectivity index (χ0) is 15.2. The molecule has 0 aliphatic carbocycles. The molecule has 0 aromatic heterocycles. The molecule has 0 aliphatic heterocycles. The standard InChI is InChI=1S/C17H17FO3/c1-2-21-17(20)9-5-8-16(19)14-10-11-15(18)13-7-4-3-6-12(13)14/h3-4,6-7,10-11H,2,5,8-9H2,1H3. The predicted octanol–water partition coefficient (Wildman–Crippen LogP) is 3.90. The van der Waals surface area contributed by atoms with Gasteiger partial charge in [-0.15, -0.1) is 0 Å². The lowest BCUT2D eigenvalue weighted by atomic mass is 9.98. The number of carbonyl (C=O) groups is 2. The van der Waals surface area contributed by atoms with Gasteiger partial charge in [-0.2, -0.15) is 0 Å². The van der Waals surface area contributed by atoms with Crippen LogP contribution < -0.4 is 0 Å². The maximum atomic E-state index is 13.7. The molecular weight excluding hydrogens is 271 g/mol. The van der Waals surface area contributed by atoms with E-state index in [1.807, 2.05) is 0 Å². The molecule has 2 aromatic carbocycles. The number of fused-ring (bicyclic) bond motifs is 1.